The molecule has 0 fully saturated rings. The fourth-order valence-corrected chi connectivity index (χ4v) is 2.21. The number of amides is 1. The molecule has 7 nitrogen and oxygen atoms in total. The minimum Gasteiger partial charge on any atom is -0.480 e. The van der Waals surface area contributed by atoms with Crippen molar-refractivity contribution >= 4 is 21.7 Å². The molecule has 0 aliphatic rings. The third kappa shape index (κ3) is 7.12. The highest BCUT2D eigenvalue weighted by Gasteiger charge is 2.26. The summed E-state index contributed by atoms with van der Waals surface area (Å²) in [5.41, 5.74) is 5.47. The van der Waals surface area contributed by atoms with Crippen molar-refractivity contribution in [2.75, 3.05) is 18.6 Å². The average molecular weight is 294 g/mol. The minimum atomic E-state index is -3.27. The molecule has 0 spiro atoms. The van der Waals surface area contributed by atoms with Crippen molar-refractivity contribution in [3.8, 4) is 0 Å². The van der Waals surface area contributed by atoms with Gasteiger partial charge < -0.3 is 16.2 Å². The summed E-state index contributed by atoms with van der Waals surface area (Å²) in [6.07, 6.45) is 0.861. The van der Waals surface area contributed by atoms with E-state index >= 15 is 0 Å². The van der Waals surface area contributed by atoms with Crippen LogP contribution < -0.4 is 11.1 Å². The first kappa shape index (κ1) is 17.8. The van der Waals surface area contributed by atoms with Crippen LogP contribution in [0, 0.1) is 11.8 Å². The molecule has 0 heterocycles. The number of sulfone groups is 1. The van der Waals surface area contributed by atoms with Crippen molar-refractivity contribution in [1.82, 2.24) is 5.32 Å². The molecule has 112 valence electrons. The summed E-state index contributed by atoms with van der Waals surface area (Å²) >= 11 is 0. The molecule has 0 aliphatic heterocycles. The Morgan fingerprint density at radius 3 is 2.16 bits per heavy atom. The maximum Gasteiger partial charge on any atom is 0.326 e. The predicted molar refractivity (Wildman–Crippen MR) is 71.3 cm³/mol. The smallest absolute Gasteiger partial charge is 0.326 e. The van der Waals surface area contributed by atoms with Gasteiger partial charge in [-0.15, -0.1) is 0 Å². The molecule has 1 amide bonds. The number of rotatable bonds is 8. The summed E-state index contributed by atoms with van der Waals surface area (Å²) in [6, 6.07) is -1.21. The van der Waals surface area contributed by atoms with Gasteiger partial charge in [-0.25, -0.2) is 13.2 Å². The summed E-state index contributed by atoms with van der Waals surface area (Å²) in [5, 5.41) is 11.3. The van der Waals surface area contributed by atoms with Crippen molar-refractivity contribution in [2.24, 2.45) is 17.6 Å². The van der Waals surface area contributed by atoms with Crippen LogP contribution in [0.5, 0.6) is 0 Å². The molecular weight excluding hydrogens is 272 g/mol. The number of carboxylic acid groups (broad SMARTS) is 1. The van der Waals surface area contributed by atoms with Gasteiger partial charge in [-0.3, -0.25) is 4.79 Å². The quantitative estimate of drug-likeness (QED) is 0.539. The molecule has 19 heavy (non-hydrogen) atoms. The molecule has 0 aromatic rings. The molecule has 0 aromatic heterocycles. The molecule has 0 saturated heterocycles. The second-order valence-electron chi connectivity index (χ2n) is 4.90. The number of aliphatic carboxylic acids is 1. The highest BCUT2D eigenvalue weighted by atomic mass is 32.2. The highest BCUT2D eigenvalue weighted by Crippen LogP contribution is 2.10. The number of carboxylic acids is 1. The fraction of sp³-hybridized carbons (Fsp3) is 0.818. The molecule has 2 atom stereocenters. The van der Waals surface area contributed by atoms with E-state index < -0.39 is 33.7 Å². The Balaban J connectivity index is 4.67. The number of hydrogen-bond donors (Lipinski definition) is 3. The van der Waals surface area contributed by atoms with E-state index in [0.29, 0.717) is 0 Å². The van der Waals surface area contributed by atoms with E-state index in [1.54, 1.807) is 0 Å². The Kier molecular flexibility index (Phi) is 6.99. The first-order chi connectivity index (χ1) is 8.58. The minimum absolute atomic E-state index is 0.0191. The van der Waals surface area contributed by atoms with E-state index in [1.807, 2.05) is 13.8 Å². The van der Waals surface area contributed by atoms with E-state index in [2.05, 4.69) is 5.32 Å². The molecule has 0 radical (unpaired) electrons. The third-order valence-corrected chi connectivity index (χ3v) is 3.76. The first-order valence-corrected chi connectivity index (χ1v) is 8.05. The van der Waals surface area contributed by atoms with Gasteiger partial charge in [-0.2, -0.15) is 0 Å². The second kappa shape index (κ2) is 7.44. The topological polar surface area (TPSA) is 127 Å². The third-order valence-electron chi connectivity index (χ3n) is 2.79. The van der Waals surface area contributed by atoms with Crippen molar-refractivity contribution in [2.45, 2.75) is 26.3 Å². The molecule has 4 N–H and O–H groups in total. The summed E-state index contributed by atoms with van der Waals surface area (Å²) in [7, 11) is -3.27. The van der Waals surface area contributed by atoms with Crippen LogP contribution in [0.15, 0.2) is 0 Å². The van der Waals surface area contributed by atoms with Crippen molar-refractivity contribution in [1.29, 1.82) is 0 Å². The van der Waals surface area contributed by atoms with Crippen LogP contribution in [0.25, 0.3) is 0 Å². The Bertz CT molecular complexity index is 419. The van der Waals surface area contributed by atoms with Gasteiger partial charge in [0.15, 0.2) is 0 Å². The van der Waals surface area contributed by atoms with Crippen molar-refractivity contribution in [3.63, 3.8) is 0 Å². The maximum atomic E-state index is 11.9. The fourth-order valence-electron chi connectivity index (χ4n) is 1.55. The number of nitrogens with one attached hydrogen (secondary N) is 1. The summed E-state index contributed by atoms with van der Waals surface area (Å²) in [5.74, 6) is -2.51. The van der Waals surface area contributed by atoms with Gasteiger partial charge in [0.1, 0.15) is 15.9 Å². The summed E-state index contributed by atoms with van der Waals surface area (Å²) in [6.45, 7) is 3.73. The van der Waals surface area contributed by atoms with Gasteiger partial charge >= 0.3 is 5.97 Å². The number of nitrogens with two attached hydrogens (primary N) is 1. The molecule has 0 saturated carbocycles. The van der Waals surface area contributed by atoms with Gasteiger partial charge in [0.2, 0.25) is 5.91 Å². The molecule has 0 bridgehead atoms. The Labute approximate surface area is 113 Å². The number of carbonyl (C=O) groups is 2. The van der Waals surface area contributed by atoms with Crippen LogP contribution in [-0.4, -0.2) is 50.0 Å². The van der Waals surface area contributed by atoms with Crippen molar-refractivity contribution in [3.05, 3.63) is 0 Å². The zero-order valence-electron chi connectivity index (χ0n) is 11.4. The van der Waals surface area contributed by atoms with E-state index in [1.165, 1.54) is 0 Å². The molecular formula is C11H22N2O5S. The van der Waals surface area contributed by atoms with E-state index in [9.17, 15) is 18.0 Å². The van der Waals surface area contributed by atoms with Gasteiger partial charge in [0.25, 0.3) is 0 Å². The molecule has 0 aromatic carbocycles. The van der Waals surface area contributed by atoms with E-state index in [-0.39, 0.29) is 24.6 Å². The molecule has 0 rings (SSSR count). The van der Waals surface area contributed by atoms with Crippen LogP contribution in [0.2, 0.25) is 0 Å². The number of hydrogen-bond acceptors (Lipinski definition) is 5. The highest BCUT2D eigenvalue weighted by molar-refractivity contribution is 7.90. The van der Waals surface area contributed by atoms with E-state index in [4.69, 9.17) is 10.8 Å². The Hall–Kier alpha value is -1.15. The van der Waals surface area contributed by atoms with Gasteiger partial charge in [0.05, 0.1) is 11.7 Å². The van der Waals surface area contributed by atoms with Crippen LogP contribution in [0.1, 0.15) is 20.3 Å². The van der Waals surface area contributed by atoms with Crippen LogP contribution in [0.3, 0.4) is 0 Å². The van der Waals surface area contributed by atoms with Crippen molar-refractivity contribution < 1.29 is 23.1 Å². The van der Waals surface area contributed by atoms with Gasteiger partial charge in [-0.05, 0) is 12.3 Å². The molecule has 0 aliphatic carbocycles. The van der Waals surface area contributed by atoms with Crippen LogP contribution >= 0.6 is 0 Å². The Morgan fingerprint density at radius 2 is 1.84 bits per heavy atom. The zero-order valence-corrected chi connectivity index (χ0v) is 12.2. The first-order valence-electron chi connectivity index (χ1n) is 5.99. The standard InChI is InChI=1S/C11H22N2O5S/c1-7(2)8(6-12)10(14)13-9(11(15)16)4-5-19(3,17)18/h7-9H,4-6,12H2,1-3H3,(H,13,14)(H,15,16). The summed E-state index contributed by atoms with van der Waals surface area (Å²) < 4.78 is 22.0. The van der Waals surface area contributed by atoms with Gasteiger partial charge in [-0.1, -0.05) is 13.8 Å². The van der Waals surface area contributed by atoms with Crippen LogP contribution in [0.4, 0.5) is 0 Å². The molecule has 2 unspecified atom stereocenters. The van der Waals surface area contributed by atoms with Crippen LogP contribution in [-0.2, 0) is 19.4 Å². The Morgan fingerprint density at radius 1 is 1.32 bits per heavy atom. The molecule has 8 heteroatoms. The monoisotopic (exact) mass is 294 g/mol. The second-order valence-corrected chi connectivity index (χ2v) is 7.16. The lowest BCUT2D eigenvalue weighted by atomic mass is 9.94. The lowest BCUT2D eigenvalue weighted by molar-refractivity contribution is -0.142. The lowest BCUT2D eigenvalue weighted by Crippen LogP contribution is -2.47. The zero-order chi connectivity index (χ0) is 15.2. The largest absolute Gasteiger partial charge is 0.480 e. The maximum absolute atomic E-state index is 11.9. The van der Waals surface area contributed by atoms with Gasteiger partial charge in [0, 0.05) is 12.8 Å². The normalized spacial score (nSPS) is 15.0. The number of carbonyl (C=O) groups excluding carboxylic acids is 1. The summed E-state index contributed by atoms with van der Waals surface area (Å²) in [4.78, 5) is 22.8. The predicted octanol–water partition coefficient (Wildman–Crippen LogP) is -0.779. The average Bonchev–Trinajstić information content (AvgIpc) is 2.22. The SMILES string of the molecule is CC(C)C(CN)C(=O)NC(CCS(C)(=O)=O)C(=O)O. The van der Waals surface area contributed by atoms with E-state index in [0.717, 1.165) is 6.26 Å². The lowest BCUT2D eigenvalue weighted by Gasteiger charge is -2.21.